The van der Waals surface area contributed by atoms with Gasteiger partial charge in [0.1, 0.15) is 10.0 Å². The Bertz CT molecular complexity index is 277. The van der Waals surface area contributed by atoms with Crippen LogP contribution >= 0.6 is 11.3 Å². The Morgan fingerprint density at radius 2 is 2.00 bits per heavy atom. The van der Waals surface area contributed by atoms with Crippen molar-refractivity contribution < 1.29 is 4.74 Å². The van der Waals surface area contributed by atoms with Gasteiger partial charge in [-0.2, -0.15) is 0 Å². The maximum absolute atomic E-state index is 5.44. The molecule has 2 N–H and O–H groups in total. The lowest BCUT2D eigenvalue weighted by atomic mass is 10.2. The maximum Gasteiger partial charge on any atom is 0.117 e. The second-order valence-corrected chi connectivity index (χ2v) is 4.71. The predicted molar refractivity (Wildman–Crippen MR) is 62.1 cm³/mol. The Hall–Kier alpha value is -0.520. The van der Waals surface area contributed by atoms with Gasteiger partial charge in [0.25, 0.3) is 0 Å². The molecule has 1 heterocycles. The Labute approximate surface area is 94.9 Å². The number of nitrogens with two attached hydrogens (primary N) is 1. The molecule has 0 fully saturated rings. The number of hydrogen-bond donors (Lipinski definition) is 1. The van der Waals surface area contributed by atoms with E-state index in [1.54, 1.807) is 18.4 Å². The van der Waals surface area contributed by atoms with Gasteiger partial charge in [-0.1, -0.05) is 0 Å². The van der Waals surface area contributed by atoms with Gasteiger partial charge in [-0.15, -0.1) is 21.5 Å². The van der Waals surface area contributed by atoms with E-state index < -0.39 is 0 Å². The molecule has 15 heavy (non-hydrogen) atoms. The van der Waals surface area contributed by atoms with Crippen LogP contribution in [0.15, 0.2) is 0 Å². The van der Waals surface area contributed by atoms with Crippen LogP contribution in [0.3, 0.4) is 0 Å². The van der Waals surface area contributed by atoms with Crippen molar-refractivity contribution in [1.82, 2.24) is 10.2 Å². The van der Waals surface area contributed by atoms with E-state index in [-0.39, 0.29) is 0 Å². The average Bonchev–Trinajstić information content (AvgIpc) is 2.71. The van der Waals surface area contributed by atoms with E-state index in [1.165, 1.54) is 0 Å². The highest BCUT2D eigenvalue weighted by Gasteiger charge is 2.06. The fraction of sp³-hybridized carbons (Fsp3) is 0.800. The molecule has 0 amide bonds. The average molecular weight is 229 g/mol. The van der Waals surface area contributed by atoms with Gasteiger partial charge in [0, 0.05) is 20.0 Å². The second-order valence-electron chi connectivity index (χ2n) is 3.57. The van der Waals surface area contributed by atoms with Crippen LogP contribution in [0, 0.1) is 0 Å². The summed E-state index contributed by atoms with van der Waals surface area (Å²) in [6.07, 6.45) is 4.19. The van der Waals surface area contributed by atoms with Gasteiger partial charge in [0.15, 0.2) is 0 Å². The number of rotatable bonds is 7. The first-order valence-electron chi connectivity index (χ1n) is 5.30. The lowest BCUT2D eigenvalue weighted by Gasteiger charge is -2.06. The molecule has 0 radical (unpaired) electrons. The molecule has 5 heteroatoms. The minimum absolute atomic E-state index is 0.293. The summed E-state index contributed by atoms with van der Waals surface area (Å²) in [4.78, 5) is 0. The van der Waals surface area contributed by atoms with Crippen molar-refractivity contribution in [2.24, 2.45) is 5.73 Å². The molecular formula is C10H19N3OS. The fourth-order valence-electron chi connectivity index (χ4n) is 1.19. The van der Waals surface area contributed by atoms with Gasteiger partial charge in [-0.05, 0) is 26.3 Å². The topological polar surface area (TPSA) is 61.0 Å². The summed E-state index contributed by atoms with van der Waals surface area (Å²) in [7, 11) is 1.73. The largest absolute Gasteiger partial charge is 0.382 e. The van der Waals surface area contributed by atoms with Crippen LogP contribution in [0.4, 0.5) is 0 Å². The van der Waals surface area contributed by atoms with Crippen molar-refractivity contribution in [2.75, 3.05) is 13.7 Å². The molecule has 0 aliphatic rings. The zero-order chi connectivity index (χ0) is 11.1. The van der Waals surface area contributed by atoms with Gasteiger partial charge >= 0.3 is 0 Å². The summed E-state index contributed by atoms with van der Waals surface area (Å²) in [6, 6.07) is 0. The SMILES string of the molecule is COC(C)CCc1nnc(CCCN)s1. The molecule has 86 valence electrons. The van der Waals surface area contributed by atoms with Crippen molar-refractivity contribution >= 4 is 11.3 Å². The smallest absolute Gasteiger partial charge is 0.117 e. The fourth-order valence-corrected chi connectivity index (χ4v) is 2.09. The highest BCUT2D eigenvalue weighted by Crippen LogP contribution is 2.14. The van der Waals surface area contributed by atoms with E-state index in [9.17, 15) is 0 Å². The monoisotopic (exact) mass is 229 g/mol. The molecule has 4 nitrogen and oxygen atoms in total. The Morgan fingerprint density at radius 3 is 2.60 bits per heavy atom. The lowest BCUT2D eigenvalue weighted by molar-refractivity contribution is 0.111. The van der Waals surface area contributed by atoms with Gasteiger partial charge in [0.05, 0.1) is 6.10 Å². The van der Waals surface area contributed by atoms with Gasteiger partial charge in [-0.3, -0.25) is 0 Å². The molecule has 0 bridgehead atoms. The minimum atomic E-state index is 0.293. The number of aromatic nitrogens is 2. The summed E-state index contributed by atoms with van der Waals surface area (Å²) >= 11 is 1.69. The number of ether oxygens (including phenoxy) is 1. The molecule has 0 spiro atoms. The molecule has 0 aliphatic carbocycles. The normalized spacial score (nSPS) is 13.0. The first-order chi connectivity index (χ1) is 7.26. The van der Waals surface area contributed by atoms with Gasteiger partial charge in [-0.25, -0.2) is 0 Å². The van der Waals surface area contributed by atoms with E-state index >= 15 is 0 Å². The zero-order valence-corrected chi connectivity index (χ0v) is 10.2. The summed E-state index contributed by atoms with van der Waals surface area (Å²) in [5.41, 5.74) is 5.44. The van der Waals surface area contributed by atoms with Gasteiger partial charge in [0.2, 0.25) is 0 Å². The van der Waals surface area contributed by atoms with Crippen molar-refractivity contribution in [2.45, 2.75) is 38.7 Å². The van der Waals surface area contributed by atoms with Crippen molar-refractivity contribution in [3.05, 3.63) is 10.0 Å². The number of hydrogen-bond acceptors (Lipinski definition) is 5. The molecule has 1 aromatic rings. The Kier molecular flexibility index (Phi) is 5.75. The molecule has 0 saturated carbocycles. The van der Waals surface area contributed by atoms with Crippen LogP contribution in [0.5, 0.6) is 0 Å². The molecule has 1 atom stereocenters. The highest BCUT2D eigenvalue weighted by atomic mass is 32.1. The molecule has 1 unspecified atom stereocenters. The van der Waals surface area contributed by atoms with E-state index in [0.717, 1.165) is 42.2 Å². The van der Waals surface area contributed by atoms with Crippen LogP contribution in [0.2, 0.25) is 0 Å². The number of aryl methyl sites for hydroxylation is 2. The second kappa shape index (κ2) is 6.87. The van der Waals surface area contributed by atoms with Crippen LogP contribution < -0.4 is 5.73 Å². The number of nitrogens with zero attached hydrogens (tertiary/aromatic N) is 2. The van der Waals surface area contributed by atoms with Crippen molar-refractivity contribution in [1.29, 1.82) is 0 Å². The summed E-state index contributed by atoms with van der Waals surface area (Å²) in [5, 5.41) is 10.5. The third kappa shape index (κ3) is 4.68. The van der Waals surface area contributed by atoms with Crippen LogP contribution in [0.25, 0.3) is 0 Å². The van der Waals surface area contributed by atoms with E-state index in [2.05, 4.69) is 17.1 Å². The maximum atomic E-state index is 5.44. The Balaban J connectivity index is 2.32. The quantitative estimate of drug-likeness (QED) is 0.767. The van der Waals surface area contributed by atoms with Crippen LogP contribution in [0.1, 0.15) is 29.8 Å². The third-order valence-electron chi connectivity index (χ3n) is 2.27. The molecular weight excluding hydrogens is 210 g/mol. The van der Waals surface area contributed by atoms with Crippen LogP contribution in [-0.4, -0.2) is 30.0 Å². The summed E-state index contributed by atoms with van der Waals surface area (Å²) in [6.45, 7) is 2.78. The number of methoxy groups -OCH3 is 1. The molecule has 0 aliphatic heterocycles. The van der Waals surface area contributed by atoms with E-state index in [1.807, 2.05) is 0 Å². The minimum Gasteiger partial charge on any atom is -0.382 e. The van der Waals surface area contributed by atoms with E-state index in [4.69, 9.17) is 10.5 Å². The first kappa shape index (κ1) is 12.5. The molecule has 1 aromatic heterocycles. The van der Waals surface area contributed by atoms with Crippen molar-refractivity contribution in [3.8, 4) is 0 Å². The van der Waals surface area contributed by atoms with E-state index in [0.29, 0.717) is 6.10 Å². The first-order valence-corrected chi connectivity index (χ1v) is 6.12. The zero-order valence-electron chi connectivity index (χ0n) is 9.40. The van der Waals surface area contributed by atoms with Gasteiger partial charge < -0.3 is 10.5 Å². The summed E-state index contributed by atoms with van der Waals surface area (Å²) < 4.78 is 5.18. The van der Waals surface area contributed by atoms with Crippen LogP contribution in [-0.2, 0) is 17.6 Å². The molecule has 1 rings (SSSR count). The Morgan fingerprint density at radius 1 is 1.33 bits per heavy atom. The molecule has 0 saturated heterocycles. The third-order valence-corrected chi connectivity index (χ3v) is 3.31. The van der Waals surface area contributed by atoms with Crippen molar-refractivity contribution in [3.63, 3.8) is 0 Å². The predicted octanol–water partition coefficient (Wildman–Crippen LogP) is 1.40. The standard InChI is InChI=1S/C10H19N3OS/c1-8(14-2)5-6-10-13-12-9(15-10)4-3-7-11/h8H,3-7,11H2,1-2H3. The lowest BCUT2D eigenvalue weighted by Crippen LogP contribution is -2.05. The highest BCUT2D eigenvalue weighted by molar-refractivity contribution is 7.11. The molecule has 0 aromatic carbocycles. The summed E-state index contributed by atoms with van der Waals surface area (Å²) in [5.74, 6) is 0.